The number of hydrogen-bond acceptors (Lipinski definition) is 4. The molecule has 0 unspecified atom stereocenters. The van der Waals surface area contributed by atoms with Crippen molar-refractivity contribution in [3.05, 3.63) is 45.0 Å². The molecule has 0 amide bonds. The summed E-state index contributed by atoms with van der Waals surface area (Å²) in [5, 5.41) is 10.9. The highest BCUT2D eigenvalue weighted by atomic mass is 35.5. The van der Waals surface area contributed by atoms with Gasteiger partial charge in [0, 0.05) is 24.1 Å². The molecule has 110 valence electrons. The van der Waals surface area contributed by atoms with E-state index in [9.17, 15) is 18.5 Å². The van der Waals surface area contributed by atoms with Crippen LogP contribution >= 0.6 is 23.2 Å². The van der Waals surface area contributed by atoms with E-state index in [1.54, 1.807) is 6.08 Å². The SMILES string of the molecule is Cc1c(Cl)cc(S(=O)(=O)NC/C=C/CCl)cc1[N+](=O)[O-]. The predicted molar refractivity (Wildman–Crippen MR) is 77.9 cm³/mol. The van der Waals surface area contributed by atoms with Crippen molar-refractivity contribution in [3.8, 4) is 0 Å². The summed E-state index contributed by atoms with van der Waals surface area (Å²) in [4.78, 5) is 9.93. The van der Waals surface area contributed by atoms with Crippen LogP contribution in [0.15, 0.2) is 29.2 Å². The van der Waals surface area contributed by atoms with E-state index in [-0.39, 0.29) is 33.6 Å². The van der Waals surface area contributed by atoms with Crippen LogP contribution in [0.3, 0.4) is 0 Å². The Morgan fingerprint density at radius 3 is 2.60 bits per heavy atom. The van der Waals surface area contributed by atoms with Gasteiger partial charge in [-0.2, -0.15) is 0 Å². The molecule has 0 aliphatic heterocycles. The summed E-state index contributed by atoms with van der Waals surface area (Å²) in [5.41, 5.74) is -0.119. The number of nitro groups is 1. The van der Waals surface area contributed by atoms with Crippen LogP contribution in [-0.4, -0.2) is 25.8 Å². The molecule has 0 aliphatic carbocycles. The minimum absolute atomic E-state index is 0.0240. The Labute approximate surface area is 126 Å². The molecule has 9 heteroatoms. The quantitative estimate of drug-likeness (QED) is 0.373. The number of nitrogens with one attached hydrogen (secondary N) is 1. The van der Waals surface area contributed by atoms with Gasteiger partial charge in [-0.05, 0) is 13.0 Å². The van der Waals surface area contributed by atoms with Gasteiger partial charge in [-0.1, -0.05) is 23.8 Å². The molecule has 0 atom stereocenters. The monoisotopic (exact) mass is 338 g/mol. The summed E-state index contributed by atoms with van der Waals surface area (Å²) in [7, 11) is -3.87. The zero-order valence-corrected chi connectivity index (χ0v) is 12.8. The lowest BCUT2D eigenvalue weighted by Gasteiger charge is -2.07. The summed E-state index contributed by atoms with van der Waals surface area (Å²) in [5.74, 6) is 0.267. The van der Waals surface area contributed by atoms with Crippen molar-refractivity contribution in [3.63, 3.8) is 0 Å². The summed E-state index contributed by atoms with van der Waals surface area (Å²) in [6.07, 6.45) is 3.11. The van der Waals surface area contributed by atoms with E-state index in [2.05, 4.69) is 4.72 Å². The summed E-state index contributed by atoms with van der Waals surface area (Å²) in [6, 6.07) is 2.16. The Morgan fingerprint density at radius 2 is 2.05 bits per heavy atom. The van der Waals surface area contributed by atoms with Gasteiger partial charge in [0.2, 0.25) is 10.0 Å². The first kappa shape index (κ1) is 16.9. The number of alkyl halides is 1. The van der Waals surface area contributed by atoms with E-state index in [1.165, 1.54) is 19.1 Å². The maximum atomic E-state index is 12.0. The molecule has 0 aromatic heterocycles. The maximum Gasteiger partial charge on any atom is 0.275 e. The lowest BCUT2D eigenvalue weighted by atomic mass is 10.2. The Bertz CT molecular complexity index is 644. The standard InChI is InChI=1S/C11H12Cl2N2O4S/c1-8-10(13)6-9(7-11(8)15(16)17)20(18,19)14-5-3-2-4-12/h2-3,6-7,14H,4-5H2,1H3/b3-2+. The second-order valence-corrected chi connectivity index (χ2v) is 6.27. The molecule has 1 N–H and O–H groups in total. The molecule has 0 saturated heterocycles. The average Bonchev–Trinajstić information content (AvgIpc) is 2.37. The normalized spacial score (nSPS) is 11.9. The van der Waals surface area contributed by atoms with Gasteiger partial charge in [-0.3, -0.25) is 10.1 Å². The third-order valence-electron chi connectivity index (χ3n) is 2.44. The van der Waals surface area contributed by atoms with Gasteiger partial charge in [0.1, 0.15) is 0 Å². The number of allylic oxidation sites excluding steroid dienone is 1. The smallest absolute Gasteiger partial charge is 0.258 e. The first-order valence-corrected chi connectivity index (χ1v) is 7.84. The van der Waals surface area contributed by atoms with E-state index < -0.39 is 14.9 Å². The molecule has 6 nitrogen and oxygen atoms in total. The zero-order chi connectivity index (χ0) is 15.3. The van der Waals surface area contributed by atoms with Crippen LogP contribution < -0.4 is 4.72 Å². The summed E-state index contributed by atoms with van der Waals surface area (Å²) >= 11 is 11.2. The van der Waals surface area contributed by atoms with Gasteiger partial charge in [0.25, 0.3) is 5.69 Å². The first-order chi connectivity index (χ1) is 9.29. The largest absolute Gasteiger partial charge is 0.275 e. The average molecular weight is 339 g/mol. The van der Waals surface area contributed by atoms with Crippen molar-refractivity contribution in [2.45, 2.75) is 11.8 Å². The van der Waals surface area contributed by atoms with Gasteiger partial charge in [0.05, 0.1) is 14.8 Å². The Hall–Kier alpha value is -1.15. The number of nitrogens with zero attached hydrogens (tertiary/aromatic N) is 1. The highest BCUT2D eigenvalue weighted by Gasteiger charge is 2.21. The molecule has 0 radical (unpaired) electrons. The van der Waals surface area contributed by atoms with Crippen molar-refractivity contribution in [2.24, 2.45) is 0 Å². The molecule has 0 aliphatic rings. The van der Waals surface area contributed by atoms with E-state index >= 15 is 0 Å². The molecule has 0 saturated carbocycles. The molecule has 0 heterocycles. The molecule has 1 aromatic rings. The topological polar surface area (TPSA) is 89.3 Å². The number of hydrogen-bond donors (Lipinski definition) is 1. The summed E-state index contributed by atoms with van der Waals surface area (Å²) in [6.45, 7) is 1.49. The molecule has 0 spiro atoms. The van der Waals surface area contributed by atoms with Gasteiger partial charge in [0.15, 0.2) is 0 Å². The molecule has 1 rings (SSSR count). The first-order valence-electron chi connectivity index (χ1n) is 5.44. The highest BCUT2D eigenvalue weighted by Crippen LogP contribution is 2.29. The Morgan fingerprint density at radius 1 is 1.40 bits per heavy atom. The van der Waals surface area contributed by atoms with Gasteiger partial charge < -0.3 is 0 Å². The third-order valence-corrected chi connectivity index (χ3v) is 4.42. The minimum atomic E-state index is -3.87. The van der Waals surface area contributed by atoms with E-state index in [0.717, 1.165) is 6.07 Å². The molecule has 1 aromatic carbocycles. The second-order valence-electron chi connectivity index (χ2n) is 3.78. The van der Waals surface area contributed by atoms with Crippen LogP contribution in [0.25, 0.3) is 0 Å². The van der Waals surface area contributed by atoms with Crippen molar-refractivity contribution >= 4 is 38.9 Å². The number of nitro benzene ring substituents is 1. The van der Waals surface area contributed by atoms with Crippen LogP contribution in [0.1, 0.15) is 5.56 Å². The molecule has 20 heavy (non-hydrogen) atoms. The van der Waals surface area contributed by atoms with E-state index in [0.29, 0.717) is 0 Å². The highest BCUT2D eigenvalue weighted by molar-refractivity contribution is 7.89. The van der Waals surface area contributed by atoms with Crippen LogP contribution in [0.2, 0.25) is 5.02 Å². The van der Waals surface area contributed by atoms with Crippen molar-refractivity contribution < 1.29 is 13.3 Å². The van der Waals surface area contributed by atoms with Crippen molar-refractivity contribution in [1.82, 2.24) is 4.72 Å². The molecule has 0 fully saturated rings. The number of sulfonamides is 1. The fourth-order valence-electron chi connectivity index (χ4n) is 1.37. The lowest BCUT2D eigenvalue weighted by molar-refractivity contribution is -0.385. The molecular weight excluding hydrogens is 327 g/mol. The predicted octanol–water partition coefficient (Wildman–Crippen LogP) is 2.63. The maximum absolute atomic E-state index is 12.0. The van der Waals surface area contributed by atoms with Gasteiger partial charge in [-0.15, -0.1) is 11.6 Å². The van der Waals surface area contributed by atoms with Crippen LogP contribution in [0.5, 0.6) is 0 Å². The van der Waals surface area contributed by atoms with Crippen LogP contribution in [0, 0.1) is 17.0 Å². The minimum Gasteiger partial charge on any atom is -0.258 e. The van der Waals surface area contributed by atoms with E-state index in [4.69, 9.17) is 23.2 Å². The molecular formula is C11H12Cl2N2O4S. The molecule has 0 bridgehead atoms. The zero-order valence-electron chi connectivity index (χ0n) is 10.5. The van der Waals surface area contributed by atoms with Crippen LogP contribution in [0.4, 0.5) is 5.69 Å². The number of rotatable bonds is 6. The number of halogens is 2. The second kappa shape index (κ2) is 7.03. The van der Waals surface area contributed by atoms with Gasteiger partial charge in [-0.25, -0.2) is 13.1 Å². The fourth-order valence-corrected chi connectivity index (χ4v) is 2.80. The fraction of sp³-hybridized carbons (Fsp3) is 0.273. The van der Waals surface area contributed by atoms with Crippen molar-refractivity contribution in [1.29, 1.82) is 0 Å². The van der Waals surface area contributed by atoms with Crippen molar-refractivity contribution in [2.75, 3.05) is 12.4 Å². The summed E-state index contributed by atoms with van der Waals surface area (Å²) < 4.78 is 26.2. The Balaban J connectivity index is 3.13. The lowest BCUT2D eigenvalue weighted by Crippen LogP contribution is -2.24. The van der Waals surface area contributed by atoms with Gasteiger partial charge >= 0.3 is 0 Å². The van der Waals surface area contributed by atoms with Crippen LogP contribution in [-0.2, 0) is 10.0 Å². The van der Waals surface area contributed by atoms with E-state index in [1.807, 2.05) is 0 Å². The Kier molecular flexibility index (Phi) is 5.94. The third kappa shape index (κ3) is 4.17. The number of benzene rings is 1.